The maximum absolute atomic E-state index is 12.2. The van der Waals surface area contributed by atoms with E-state index in [-0.39, 0.29) is 5.91 Å². The van der Waals surface area contributed by atoms with Gasteiger partial charge in [0.2, 0.25) is 0 Å². The van der Waals surface area contributed by atoms with Gasteiger partial charge in [-0.05, 0) is 55.7 Å². The van der Waals surface area contributed by atoms with E-state index in [0.29, 0.717) is 11.4 Å². The maximum atomic E-state index is 12.2. The number of hydrogen-bond donors (Lipinski definition) is 1. The predicted octanol–water partition coefficient (Wildman–Crippen LogP) is 3.03. The van der Waals surface area contributed by atoms with Crippen LogP contribution in [0.1, 0.15) is 40.9 Å². The molecular weight excluding hydrogens is 262 g/mol. The van der Waals surface area contributed by atoms with Crippen molar-refractivity contribution in [2.24, 2.45) is 5.92 Å². The Hall–Kier alpha value is -2.10. The van der Waals surface area contributed by atoms with Gasteiger partial charge < -0.3 is 5.32 Å². The number of carbonyl (C=O) groups excluding carboxylic acids is 1. The van der Waals surface area contributed by atoms with E-state index in [2.05, 4.69) is 22.5 Å². The lowest BCUT2D eigenvalue weighted by Crippen LogP contribution is -2.12. The summed E-state index contributed by atoms with van der Waals surface area (Å²) in [5.74, 6) is 1.46. The number of nitrogens with one attached hydrogen (secondary N) is 1. The molecule has 4 nitrogen and oxygen atoms in total. The zero-order valence-corrected chi connectivity index (χ0v) is 12.0. The van der Waals surface area contributed by atoms with Crippen LogP contribution in [0.3, 0.4) is 0 Å². The van der Waals surface area contributed by atoms with E-state index in [4.69, 9.17) is 0 Å². The van der Waals surface area contributed by atoms with Crippen LogP contribution in [0.15, 0.2) is 30.3 Å². The molecule has 4 rings (SSSR count). The average molecular weight is 281 g/mol. The van der Waals surface area contributed by atoms with Crippen molar-refractivity contribution in [2.75, 3.05) is 5.32 Å². The van der Waals surface area contributed by atoms with Crippen molar-refractivity contribution in [1.29, 1.82) is 0 Å². The van der Waals surface area contributed by atoms with E-state index in [9.17, 15) is 4.79 Å². The quantitative estimate of drug-likeness (QED) is 0.936. The van der Waals surface area contributed by atoms with Gasteiger partial charge in [-0.1, -0.05) is 12.1 Å². The van der Waals surface area contributed by atoms with Crippen LogP contribution < -0.4 is 5.32 Å². The third-order valence-electron chi connectivity index (χ3n) is 4.35. The molecule has 0 radical (unpaired) electrons. The number of carbonyl (C=O) groups is 1. The van der Waals surface area contributed by atoms with Gasteiger partial charge in [0.15, 0.2) is 5.82 Å². The molecule has 0 unspecified atom stereocenters. The Morgan fingerprint density at radius 3 is 2.81 bits per heavy atom. The van der Waals surface area contributed by atoms with Crippen LogP contribution in [0.4, 0.5) is 5.82 Å². The molecule has 2 aliphatic rings. The molecule has 0 saturated heterocycles. The van der Waals surface area contributed by atoms with Crippen LogP contribution in [-0.2, 0) is 19.4 Å². The van der Waals surface area contributed by atoms with Gasteiger partial charge in [0.25, 0.3) is 5.91 Å². The molecule has 0 spiro atoms. The Morgan fingerprint density at radius 2 is 2.10 bits per heavy atom. The first-order valence-corrected chi connectivity index (χ1v) is 7.75. The van der Waals surface area contributed by atoms with Gasteiger partial charge in [0.1, 0.15) is 0 Å². The van der Waals surface area contributed by atoms with Crippen molar-refractivity contribution in [2.45, 2.75) is 38.6 Å². The molecule has 2 aromatic rings. The molecule has 21 heavy (non-hydrogen) atoms. The van der Waals surface area contributed by atoms with Crippen molar-refractivity contribution in [3.05, 3.63) is 47.2 Å². The molecule has 1 fully saturated rings. The minimum Gasteiger partial charge on any atom is -0.305 e. The summed E-state index contributed by atoms with van der Waals surface area (Å²) in [7, 11) is 0. The molecule has 0 atom stereocenters. The largest absolute Gasteiger partial charge is 0.305 e. The highest BCUT2D eigenvalue weighted by Gasteiger charge is 2.21. The van der Waals surface area contributed by atoms with Gasteiger partial charge >= 0.3 is 0 Å². The number of nitrogens with zero attached hydrogens (tertiary/aromatic N) is 2. The van der Waals surface area contributed by atoms with Gasteiger partial charge in [-0.25, -0.2) is 0 Å². The fourth-order valence-corrected chi connectivity index (χ4v) is 2.96. The number of benzene rings is 1. The van der Waals surface area contributed by atoms with E-state index in [1.807, 2.05) is 22.9 Å². The van der Waals surface area contributed by atoms with Gasteiger partial charge in [-0.15, -0.1) is 0 Å². The van der Waals surface area contributed by atoms with Gasteiger partial charge in [-0.3, -0.25) is 9.48 Å². The second-order valence-corrected chi connectivity index (χ2v) is 6.15. The van der Waals surface area contributed by atoms with Crippen LogP contribution in [0.5, 0.6) is 0 Å². The number of hydrogen-bond acceptors (Lipinski definition) is 2. The first-order valence-electron chi connectivity index (χ1n) is 7.75. The summed E-state index contributed by atoms with van der Waals surface area (Å²) >= 11 is 0. The molecule has 1 saturated carbocycles. The monoisotopic (exact) mass is 281 g/mol. The molecule has 1 N–H and O–H groups in total. The fraction of sp³-hybridized carbons (Fsp3) is 0.412. The van der Waals surface area contributed by atoms with E-state index < -0.39 is 0 Å². The van der Waals surface area contributed by atoms with E-state index >= 15 is 0 Å². The normalized spacial score (nSPS) is 16.8. The average Bonchev–Trinajstić information content (AvgIpc) is 3.04. The summed E-state index contributed by atoms with van der Waals surface area (Å²) in [4.78, 5) is 12.2. The van der Waals surface area contributed by atoms with E-state index in [1.165, 1.54) is 24.1 Å². The van der Waals surface area contributed by atoms with Crippen molar-refractivity contribution in [1.82, 2.24) is 9.78 Å². The maximum Gasteiger partial charge on any atom is 0.256 e. The van der Waals surface area contributed by atoms with Gasteiger partial charge in [-0.2, -0.15) is 5.10 Å². The molecule has 108 valence electrons. The summed E-state index contributed by atoms with van der Waals surface area (Å²) in [5.41, 5.74) is 3.24. The molecule has 4 heteroatoms. The summed E-state index contributed by atoms with van der Waals surface area (Å²) < 4.78 is 1.98. The molecule has 1 aliphatic carbocycles. The molecule has 0 bridgehead atoms. The zero-order valence-electron chi connectivity index (χ0n) is 12.0. The Balaban J connectivity index is 1.43. The SMILES string of the molecule is O=C(Nc1cc2n(n1)CCC2)c1ccc(CC2CC2)cc1. The number of anilines is 1. The number of amides is 1. The lowest BCUT2D eigenvalue weighted by molar-refractivity contribution is 0.102. The first-order chi connectivity index (χ1) is 10.3. The zero-order chi connectivity index (χ0) is 14.2. The second-order valence-electron chi connectivity index (χ2n) is 6.15. The Morgan fingerprint density at radius 1 is 1.29 bits per heavy atom. The van der Waals surface area contributed by atoms with Gasteiger partial charge in [0.05, 0.1) is 0 Å². The highest BCUT2D eigenvalue weighted by molar-refractivity contribution is 6.03. The number of fused-ring (bicyclic) bond motifs is 1. The van der Waals surface area contributed by atoms with E-state index in [1.54, 1.807) is 0 Å². The minimum absolute atomic E-state index is 0.0789. The summed E-state index contributed by atoms with van der Waals surface area (Å²) in [6.07, 6.45) is 6.06. The van der Waals surface area contributed by atoms with Crippen LogP contribution in [-0.4, -0.2) is 15.7 Å². The Kier molecular flexibility index (Phi) is 3.02. The molecule has 1 aromatic heterocycles. The Bertz CT molecular complexity index is 646. The summed E-state index contributed by atoms with van der Waals surface area (Å²) in [5, 5.41) is 7.30. The van der Waals surface area contributed by atoms with Crippen molar-refractivity contribution in [3.8, 4) is 0 Å². The van der Waals surface area contributed by atoms with Crippen molar-refractivity contribution < 1.29 is 4.79 Å². The third-order valence-corrected chi connectivity index (χ3v) is 4.35. The number of aryl methyl sites for hydroxylation is 2. The van der Waals surface area contributed by atoms with Crippen molar-refractivity contribution in [3.63, 3.8) is 0 Å². The lowest BCUT2D eigenvalue weighted by atomic mass is 10.1. The Labute approximate surface area is 124 Å². The molecular formula is C17H19N3O. The van der Waals surface area contributed by atoms with E-state index in [0.717, 1.165) is 31.7 Å². The molecule has 1 aliphatic heterocycles. The first kappa shape index (κ1) is 12.6. The highest BCUT2D eigenvalue weighted by atomic mass is 16.1. The molecule has 1 amide bonds. The lowest BCUT2D eigenvalue weighted by Gasteiger charge is -2.04. The van der Waals surface area contributed by atoms with Gasteiger partial charge in [0, 0.05) is 23.9 Å². The van der Waals surface area contributed by atoms with Crippen molar-refractivity contribution >= 4 is 11.7 Å². The van der Waals surface area contributed by atoms with Crippen LogP contribution in [0.2, 0.25) is 0 Å². The van der Waals surface area contributed by atoms with Crippen LogP contribution in [0.25, 0.3) is 0 Å². The predicted molar refractivity (Wildman–Crippen MR) is 81.4 cm³/mol. The summed E-state index contributed by atoms with van der Waals surface area (Å²) in [6, 6.07) is 9.95. The minimum atomic E-state index is -0.0789. The number of aromatic nitrogens is 2. The fourth-order valence-electron chi connectivity index (χ4n) is 2.96. The van der Waals surface area contributed by atoms with Crippen LogP contribution in [0, 0.1) is 5.92 Å². The summed E-state index contributed by atoms with van der Waals surface area (Å²) in [6.45, 7) is 0.959. The molecule has 2 heterocycles. The second kappa shape index (κ2) is 5.02. The standard InChI is InChI=1S/C17H19N3O/c21-17(18-16-11-15-2-1-9-20(15)19-16)14-7-5-13(6-8-14)10-12-3-4-12/h5-8,11-12H,1-4,9-10H2,(H,18,19,21). The smallest absolute Gasteiger partial charge is 0.256 e. The van der Waals surface area contributed by atoms with Crippen LogP contribution >= 0.6 is 0 Å². The number of rotatable bonds is 4. The topological polar surface area (TPSA) is 46.9 Å². The third kappa shape index (κ3) is 2.71. The molecule has 1 aromatic carbocycles. The highest BCUT2D eigenvalue weighted by Crippen LogP contribution is 2.32.